The Morgan fingerprint density at radius 1 is 1.17 bits per heavy atom. The van der Waals surface area contributed by atoms with E-state index >= 15 is 0 Å². The van der Waals surface area contributed by atoms with Crippen molar-refractivity contribution in [3.05, 3.63) is 35.2 Å². The fourth-order valence-electron chi connectivity index (χ4n) is 2.85. The zero-order chi connectivity index (χ0) is 15.6. The van der Waals surface area contributed by atoms with Crippen molar-refractivity contribution < 1.29 is 14.3 Å². The molecule has 3 heterocycles. The molecule has 1 unspecified atom stereocenters. The second-order valence-electron chi connectivity index (χ2n) is 5.69. The molecule has 1 saturated heterocycles. The Hall–Kier alpha value is -2.05. The van der Waals surface area contributed by atoms with Crippen molar-refractivity contribution in [2.45, 2.75) is 12.5 Å². The molecule has 0 radical (unpaired) electrons. The molecular formula is C17H18N2O3S. The first-order valence-electron chi connectivity index (χ1n) is 7.81. The molecule has 1 aromatic heterocycles. The van der Waals surface area contributed by atoms with Crippen LogP contribution in [0.15, 0.2) is 30.3 Å². The maximum absolute atomic E-state index is 12.3. The smallest absolute Gasteiger partial charge is 0.261 e. The number of nitrogens with one attached hydrogen (secondary N) is 2. The molecule has 0 bridgehead atoms. The molecule has 1 amide bonds. The molecule has 2 N–H and O–H groups in total. The highest BCUT2D eigenvalue weighted by atomic mass is 32.1. The van der Waals surface area contributed by atoms with E-state index in [1.807, 2.05) is 30.3 Å². The van der Waals surface area contributed by atoms with Crippen molar-refractivity contribution in [1.29, 1.82) is 0 Å². The Bertz CT molecular complexity index is 722. The highest BCUT2D eigenvalue weighted by molar-refractivity contribution is 7.17. The van der Waals surface area contributed by atoms with E-state index in [-0.39, 0.29) is 11.9 Å². The lowest BCUT2D eigenvalue weighted by Crippen LogP contribution is -2.35. The van der Waals surface area contributed by atoms with Crippen molar-refractivity contribution in [2.24, 2.45) is 0 Å². The Balaban J connectivity index is 1.52. The van der Waals surface area contributed by atoms with Gasteiger partial charge in [-0.3, -0.25) is 4.79 Å². The van der Waals surface area contributed by atoms with Crippen LogP contribution in [0.2, 0.25) is 0 Å². The minimum Gasteiger partial charge on any atom is -0.486 e. The highest BCUT2D eigenvalue weighted by Crippen LogP contribution is 2.36. The van der Waals surface area contributed by atoms with Crippen molar-refractivity contribution in [1.82, 2.24) is 10.6 Å². The average molecular weight is 330 g/mol. The zero-order valence-corrected chi connectivity index (χ0v) is 13.4. The first-order valence-corrected chi connectivity index (χ1v) is 8.63. The Morgan fingerprint density at radius 2 is 2.04 bits per heavy atom. The quantitative estimate of drug-likeness (QED) is 0.906. The van der Waals surface area contributed by atoms with Crippen LogP contribution in [0.5, 0.6) is 11.5 Å². The monoisotopic (exact) mass is 330 g/mol. The summed E-state index contributed by atoms with van der Waals surface area (Å²) in [6.45, 7) is 2.99. The normalized spacial score (nSPS) is 19.6. The zero-order valence-electron chi connectivity index (χ0n) is 12.6. The van der Waals surface area contributed by atoms with Gasteiger partial charge in [0.15, 0.2) is 11.5 Å². The number of hydrogen-bond acceptors (Lipinski definition) is 5. The van der Waals surface area contributed by atoms with Crippen LogP contribution >= 0.6 is 11.3 Å². The summed E-state index contributed by atoms with van der Waals surface area (Å²) in [6.07, 6.45) is 0.992. The number of fused-ring (bicyclic) bond motifs is 1. The molecule has 23 heavy (non-hydrogen) atoms. The lowest BCUT2D eigenvalue weighted by molar-refractivity contribution is 0.0944. The lowest BCUT2D eigenvalue weighted by atomic mass is 10.1. The summed E-state index contributed by atoms with van der Waals surface area (Å²) >= 11 is 1.50. The molecule has 2 aliphatic rings. The van der Waals surface area contributed by atoms with E-state index in [1.54, 1.807) is 0 Å². The van der Waals surface area contributed by atoms with Crippen LogP contribution in [0.4, 0.5) is 0 Å². The highest BCUT2D eigenvalue weighted by Gasteiger charge is 2.19. The van der Waals surface area contributed by atoms with Gasteiger partial charge < -0.3 is 20.1 Å². The molecule has 1 fully saturated rings. The Morgan fingerprint density at radius 3 is 2.87 bits per heavy atom. The minimum atomic E-state index is 0.00694. The Kier molecular flexibility index (Phi) is 3.93. The van der Waals surface area contributed by atoms with Crippen molar-refractivity contribution in [2.75, 3.05) is 26.3 Å². The van der Waals surface area contributed by atoms with Gasteiger partial charge in [0.1, 0.15) is 13.2 Å². The molecule has 0 spiro atoms. The van der Waals surface area contributed by atoms with Crippen LogP contribution in [0, 0.1) is 0 Å². The van der Waals surface area contributed by atoms with Gasteiger partial charge in [0.25, 0.3) is 5.91 Å². The second kappa shape index (κ2) is 6.22. The molecule has 2 aromatic rings. The van der Waals surface area contributed by atoms with Crippen molar-refractivity contribution >= 4 is 17.2 Å². The van der Waals surface area contributed by atoms with Gasteiger partial charge >= 0.3 is 0 Å². The molecule has 6 heteroatoms. The molecule has 0 saturated carbocycles. The lowest BCUT2D eigenvalue weighted by Gasteiger charge is -2.18. The predicted octanol–water partition coefficient (Wildman–Crippen LogP) is 2.28. The van der Waals surface area contributed by atoms with Gasteiger partial charge in [-0.1, -0.05) is 0 Å². The van der Waals surface area contributed by atoms with Gasteiger partial charge in [0.05, 0.1) is 4.88 Å². The molecule has 1 atom stereocenters. The van der Waals surface area contributed by atoms with Crippen LogP contribution in [-0.2, 0) is 0 Å². The predicted molar refractivity (Wildman–Crippen MR) is 89.5 cm³/mol. The fourth-order valence-corrected chi connectivity index (χ4v) is 3.75. The number of carbonyl (C=O) groups excluding carboxylic acids is 1. The molecule has 1 aromatic carbocycles. The topological polar surface area (TPSA) is 59.6 Å². The summed E-state index contributed by atoms with van der Waals surface area (Å²) in [5.41, 5.74) is 1.04. The average Bonchev–Trinajstić information content (AvgIpc) is 3.26. The van der Waals surface area contributed by atoms with E-state index in [4.69, 9.17) is 9.47 Å². The summed E-state index contributed by atoms with van der Waals surface area (Å²) in [5.74, 6) is 1.56. The fraction of sp³-hybridized carbons (Fsp3) is 0.353. The number of carbonyl (C=O) groups is 1. The second-order valence-corrected chi connectivity index (χ2v) is 6.77. The number of rotatable bonds is 3. The molecule has 2 aliphatic heterocycles. The van der Waals surface area contributed by atoms with E-state index in [9.17, 15) is 4.79 Å². The van der Waals surface area contributed by atoms with Gasteiger partial charge in [0, 0.05) is 17.5 Å². The molecule has 120 valence electrons. The van der Waals surface area contributed by atoms with E-state index in [0.29, 0.717) is 13.2 Å². The number of ether oxygens (including phenoxy) is 2. The first kappa shape index (κ1) is 14.5. The van der Waals surface area contributed by atoms with Crippen LogP contribution in [0.1, 0.15) is 16.1 Å². The van der Waals surface area contributed by atoms with Crippen molar-refractivity contribution in [3.8, 4) is 21.9 Å². The van der Waals surface area contributed by atoms with Gasteiger partial charge in [-0.05, 0) is 48.9 Å². The summed E-state index contributed by atoms with van der Waals surface area (Å²) in [6, 6.07) is 10.0. The standard InChI is InChI=1S/C17H18N2O3S/c20-17(19-12-5-6-18-10-12)16-4-3-15(23-16)11-1-2-13-14(9-11)22-8-7-21-13/h1-4,9,12,18H,5-8,10H2,(H,19,20). The summed E-state index contributed by atoms with van der Waals surface area (Å²) in [7, 11) is 0. The molecule has 0 aliphatic carbocycles. The summed E-state index contributed by atoms with van der Waals surface area (Å²) in [4.78, 5) is 14.1. The first-order chi connectivity index (χ1) is 11.3. The molecule has 5 nitrogen and oxygen atoms in total. The molecule has 4 rings (SSSR count). The van der Waals surface area contributed by atoms with Crippen LogP contribution in [-0.4, -0.2) is 38.3 Å². The third-order valence-electron chi connectivity index (χ3n) is 4.05. The maximum atomic E-state index is 12.3. The largest absolute Gasteiger partial charge is 0.486 e. The van der Waals surface area contributed by atoms with E-state index in [0.717, 1.165) is 46.3 Å². The molecular weight excluding hydrogens is 312 g/mol. The van der Waals surface area contributed by atoms with Gasteiger partial charge in [-0.25, -0.2) is 0 Å². The minimum absolute atomic E-state index is 0.00694. The number of hydrogen-bond donors (Lipinski definition) is 2. The van der Waals surface area contributed by atoms with Crippen molar-refractivity contribution in [3.63, 3.8) is 0 Å². The van der Waals surface area contributed by atoms with E-state index in [1.165, 1.54) is 11.3 Å². The Labute approximate surface area is 138 Å². The van der Waals surface area contributed by atoms with E-state index < -0.39 is 0 Å². The van der Waals surface area contributed by atoms with E-state index in [2.05, 4.69) is 10.6 Å². The maximum Gasteiger partial charge on any atom is 0.261 e. The van der Waals surface area contributed by atoms with Gasteiger partial charge in [-0.15, -0.1) is 11.3 Å². The van der Waals surface area contributed by atoms with Gasteiger partial charge in [-0.2, -0.15) is 0 Å². The number of thiophene rings is 1. The summed E-state index contributed by atoms with van der Waals surface area (Å²) < 4.78 is 11.2. The third-order valence-corrected chi connectivity index (χ3v) is 5.19. The van der Waals surface area contributed by atoms with Crippen LogP contribution < -0.4 is 20.1 Å². The van der Waals surface area contributed by atoms with Gasteiger partial charge in [0.2, 0.25) is 0 Å². The number of benzene rings is 1. The van der Waals surface area contributed by atoms with Crippen LogP contribution in [0.3, 0.4) is 0 Å². The number of amides is 1. The SMILES string of the molecule is O=C(NC1CCNC1)c1ccc(-c2ccc3c(c2)OCCO3)s1. The third kappa shape index (κ3) is 3.04. The summed E-state index contributed by atoms with van der Waals surface area (Å²) in [5, 5.41) is 6.33. The van der Waals surface area contributed by atoms with Crippen LogP contribution in [0.25, 0.3) is 10.4 Å².